The fourth-order valence-corrected chi connectivity index (χ4v) is 2.33. The number of hydrogen-bond acceptors (Lipinski definition) is 3. The summed E-state index contributed by atoms with van der Waals surface area (Å²) in [5, 5.41) is 0. The summed E-state index contributed by atoms with van der Waals surface area (Å²) < 4.78 is 32.1. The van der Waals surface area contributed by atoms with E-state index in [1.807, 2.05) is 0 Å². The average Bonchev–Trinajstić information content (AvgIpc) is 2.86. The van der Waals surface area contributed by atoms with E-state index in [0.29, 0.717) is 18.4 Å². The van der Waals surface area contributed by atoms with Crippen molar-refractivity contribution in [2.24, 2.45) is 5.84 Å². The van der Waals surface area contributed by atoms with Crippen molar-refractivity contribution in [3.8, 4) is 0 Å². The first-order valence-corrected chi connectivity index (χ1v) is 6.21. The van der Waals surface area contributed by atoms with Gasteiger partial charge < -0.3 is 4.74 Å². The lowest BCUT2D eigenvalue weighted by atomic mass is 9.99. The first-order valence-electron chi connectivity index (χ1n) is 6.21. The van der Waals surface area contributed by atoms with E-state index in [-0.39, 0.29) is 12.1 Å². The molecule has 18 heavy (non-hydrogen) atoms. The Morgan fingerprint density at radius 2 is 2.28 bits per heavy atom. The van der Waals surface area contributed by atoms with E-state index in [0.717, 1.165) is 25.5 Å². The number of nitrogens with one attached hydrogen (secondary N) is 1. The Balaban J connectivity index is 1.98. The minimum absolute atomic E-state index is 0.107. The fraction of sp³-hybridized carbons (Fsp3) is 0.538. The van der Waals surface area contributed by atoms with Crippen LogP contribution in [0.3, 0.4) is 0 Å². The maximum atomic E-state index is 13.5. The molecule has 3 nitrogen and oxygen atoms in total. The second-order valence-corrected chi connectivity index (χ2v) is 4.65. The maximum absolute atomic E-state index is 13.5. The molecule has 2 unspecified atom stereocenters. The summed E-state index contributed by atoms with van der Waals surface area (Å²) in [6, 6.07) is 4.10. The van der Waals surface area contributed by atoms with Crippen LogP contribution in [0.2, 0.25) is 0 Å². The molecule has 3 N–H and O–H groups in total. The summed E-state index contributed by atoms with van der Waals surface area (Å²) in [6.07, 6.45) is 3.30. The fourth-order valence-electron chi connectivity index (χ4n) is 2.33. The summed E-state index contributed by atoms with van der Waals surface area (Å²) in [6.45, 7) is 0.774. The standard InChI is InChI=1S/C13H18F2N2O/c14-12-5-1-3-9(13(12)15)7-10(17-16)8-11-4-2-6-18-11/h1,3,5,10-11,17H,2,4,6-8,16H2. The molecule has 2 rings (SSSR count). The van der Waals surface area contributed by atoms with Gasteiger partial charge in [0.25, 0.3) is 0 Å². The lowest BCUT2D eigenvalue weighted by Gasteiger charge is -2.19. The van der Waals surface area contributed by atoms with E-state index in [9.17, 15) is 8.78 Å². The second-order valence-electron chi connectivity index (χ2n) is 4.65. The van der Waals surface area contributed by atoms with Gasteiger partial charge in [0.15, 0.2) is 11.6 Å². The van der Waals surface area contributed by atoms with Crippen molar-refractivity contribution in [3.05, 3.63) is 35.4 Å². The van der Waals surface area contributed by atoms with Crippen LogP contribution in [-0.2, 0) is 11.2 Å². The maximum Gasteiger partial charge on any atom is 0.162 e. The Morgan fingerprint density at radius 1 is 1.44 bits per heavy atom. The minimum atomic E-state index is -0.819. The number of hydrogen-bond donors (Lipinski definition) is 2. The van der Waals surface area contributed by atoms with Crippen LogP contribution in [0, 0.1) is 11.6 Å². The lowest BCUT2D eigenvalue weighted by molar-refractivity contribution is 0.0945. The minimum Gasteiger partial charge on any atom is -0.378 e. The van der Waals surface area contributed by atoms with Gasteiger partial charge in [0.1, 0.15) is 0 Å². The molecule has 1 aliphatic heterocycles. The molecule has 0 amide bonds. The number of rotatable bonds is 5. The molecular weight excluding hydrogens is 238 g/mol. The average molecular weight is 256 g/mol. The number of nitrogens with two attached hydrogens (primary N) is 1. The van der Waals surface area contributed by atoms with E-state index in [1.165, 1.54) is 6.07 Å². The molecule has 2 atom stereocenters. The third-order valence-electron chi connectivity index (χ3n) is 3.30. The lowest BCUT2D eigenvalue weighted by Crippen LogP contribution is -2.39. The van der Waals surface area contributed by atoms with Gasteiger partial charge in [-0.05, 0) is 37.3 Å². The van der Waals surface area contributed by atoms with Crippen molar-refractivity contribution in [1.82, 2.24) is 5.43 Å². The second kappa shape index (κ2) is 6.22. The molecule has 1 heterocycles. The number of halogens is 2. The Kier molecular flexibility index (Phi) is 4.63. The Bertz CT molecular complexity index is 395. The van der Waals surface area contributed by atoms with Crippen LogP contribution in [0.5, 0.6) is 0 Å². The SMILES string of the molecule is NNC(Cc1cccc(F)c1F)CC1CCCO1. The molecular formula is C13H18F2N2O. The zero-order valence-electron chi connectivity index (χ0n) is 10.2. The van der Waals surface area contributed by atoms with Crippen LogP contribution in [0.15, 0.2) is 18.2 Å². The normalized spacial score (nSPS) is 21.2. The van der Waals surface area contributed by atoms with Gasteiger partial charge in [-0.25, -0.2) is 8.78 Å². The summed E-state index contributed by atoms with van der Waals surface area (Å²) in [5.74, 6) is 3.86. The van der Waals surface area contributed by atoms with Crippen molar-refractivity contribution in [1.29, 1.82) is 0 Å². The first-order chi connectivity index (χ1) is 8.70. The molecule has 0 aromatic heterocycles. The smallest absolute Gasteiger partial charge is 0.162 e. The largest absolute Gasteiger partial charge is 0.378 e. The molecule has 0 saturated carbocycles. The van der Waals surface area contributed by atoms with Gasteiger partial charge in [-0.3, -0.25) is 11.3 Å². The highest BCUT2D eigenvalue weighted by Gasteiger charge is 2.21. The van der Waals surface area contributed by atoms with E-state index < -0.39 is 11.6 Å². The third-order valence-corrected chi connectivity index (χ3v) is 3.30. The topological polar surface area (TPSA) is 47.3 Å². The molecule has 1 saturated heterocycles. The van der Waals surface area contributed by atoms with Gasteiger partial charge in [-0.15, -0.1) is 0 Å². The van der Waals surface area contributed by atoms with Crippen LogP contribution in [0.4, 0.5) is 8.78 Å². The molecule has 1 aromatic carbocycles. The van der Waals surface area contributed by atoms with Crippen LogP contribution in [-0.4, -0.2) is 18.8 Å². The molecule has 0 spiro atoms. The Labute approximate surface area is 105 Å². The Morgan fingerprint density at radius 3 is 2.94 bits per heavy atom. The van der Waals surface area contributed by atoms with Crippen LogP contribution >= 0.6 is 0 Å². The summed E-state index contributed by atoms with van der Waals surface area (Å²) in [4.78, 5) is 0. The van der Waals surface area contributed by atoms with Crippen LogP contribution in [0.1, 0.15) is 24.8 Å². The van der Waals surface area contributed by atoms with Crippen molar-refractivity contribution in [2.45, 2.75) is 37.8 Å². The Hall–Kier alpha value is -1.04. The molecule has 100 valence electrons. The van der Waals surface area contributed by atoms with Crippen molar-refractivity contribution < 1.29 is 13.5 Å². The molecule has 0 radical (unpaired) electrons. The summed E-state index contributed by atoms with van der Waals surface area (Å²) >= 11 is 0. The molecule has 1 fully saturated rings. The van der Waals surface area contributed by atoms with Crippen LogP contribution < -0.4 is 11.3 Å². The molecule has 0 aliphatic carbocycles. The summed E-state index contributed by atoms with van der Waals surface area (Å²) in [5.41, 5.74) is 3.00. The van der Waals surface area contributed by atoms with E-state index >= 15 is 0 Å². The zero-order chi connectivity index (χ0) is 13.0. The zero-order valence-corrected chi connectivity index (χ0v) is 10.2. The monoisotopic (exact) mass is 256 g/mol. The van der Waals surface area contributed by atoms with Gasteiger partial charge in [0.2, 0.25) is 0 Å². The highest BCUT2D eigenvalue weighted by molar-refractivity contribution is 5.20. The van der Waals surface area contributed by atoms with Crippen molar-refractivity contribution in [3.63, 3.8) is 0 Å². The van der Waals surface area contributed by atoms with E-state index in [4.69, 9.17) is 10.6 Å². The molecule has 1 aliphatic rings. The first kappa shape index (κ1) is 13.4. The van der Waals surface area contributed by atoms with Crippen molar-refractivity contribution >= 4 is 0 Å². The van der Waals surface area contributed by atoms with E-state index in [2.05, 4.69) is 5.43 Å². The van der Waals surface area contributed by atoms with Gasteiger partial charge in [-0.1, -0.05) is 12.1 Å². The highest BCUT2D eigenvalue weighted by Crippen LogP contribution is 2.20. The molecule has 0 bridgehead atoms. The quantitative estimate of drug-likeness (QED) is 0.625. The van der Waals surface area contributed by atoms with Crippen LogP contribution in [0.25, 0.3) is 0 Å². The van der Waals surface area contributed by atoms with Gasteiger partial charge in [-0.2, -0.15) is 0 Å². The van der Waals surface area contributed by atoms with Crippen molar-refractivity contribution in [2.75, 3.05) is 6.61 Å². The summed E-state index contributed by atoms with van der Waals surface area (Å²) in [7, 11) is 0. The predicted molar refractivity (Wildman–Crippen MR) is 64.8 cm³/mol. The molecule has 5 heteroatoms. The highest BCUT2D eigenvalue weighted by atomic mass is 19.2. The van der Waals surface area contributed by atoms with E-state index in [1.54, 1.807) is 6.07 Å². The van der Waals surface area contributed by atoms with Gasteiger partial charge in [0.05, 0.1) is 6.10 Å². The number of benzene rings is 1. The van der Waals surface area contributed by atoms with Gasteiger partial charge in [0, 0.05) is 12.6 Å². The molecule has 1 aromatic rings. The number of hydrazine groups is 1. The third kappa shape index (κ3) is 3.25. The van der Waals surface area contributed by atoms with Gasteiger partial charge >= 0.3 is 0 Å². The predicted octanol–water partition coefficient (Wildman–Crippen LogP) is 1.91. The number of ether oxygens (including phenoxy) is 1.